The Balaban J connectivity index is 1.80. The minimum atomic E-state index is -0.981. The van der Waals surface area contributed by atoms with E-state index in [1.165, 1.54) is 0 Å². The Morgan fingerprint density at radius 2 is 1.19 bits per heavy atom. The molecule has 0 unspecified atom stereocenters. The highest BCUT2D eigenvalue weighted by atomic mass is 16.7. The second kappa shape index (κ2) is 11.8. The zero-order valence-corrected chi connectivity index (χ0v) is 22.5. The van der Waals surface area contributed by atoms with Crippen molar-refractivity contribution in [3.63, 3.8) is 0 Å². The molecule has 0 aliphatic heterocycles. The van der Waals surface area contributed by atoms with E-state index in [0.717, 1.165) is 47.7 Å². The van der Waals surface area contributed by atoms with Gasteiger partial charge in [0.05, 0.1) is 22.4 Å². The first-order chi connectivity index (χ1) is 17.0. The molecule has 1 saturated carbocycles. The van der Waals surface area contributed by atoms with Crippen molar-refractivity contribution in [2.45, 2.75) is 75.8 Å². The molecule has 8 heteroatoms. The zero-order valence-electron chi connectivity index (χ0n) is 22.5. The maximum Gasteiger partial charge on any atom is 0.330 e. The number of rotatable bonds is 12. The van der Waals surface area contributed by atoms with Crippen LogP contribution in [0.3, 0.4) is 0 Å². The summed E-state index contributed by atoms with van der Waals surface area (Å²) in [5.74, 6) is 0. The summed E-state index contributed by atoms with van der Waals surface area (Å²) >= 11 is 0. The summed E-state index contributed by atoms with van der Waals surface area (Å²) in [5, 5.41) is 10.3. The lowest BCUT2D eigenvalue weighted by Gasteiger charge is -2.46. The standard InChI is InChI=1S/C28H39B2O6/c1-25(2,31)26(3,4)36-30-24-13-9-22(10-14-24)28(35-20-33-6)17-15-27(16-18-28,34-19-32-5)21-7-11-23(29)12-8-21/h7-14,31H,15-20H2,1-6H3. The Morgan fingerprint density at radius 1 is 0.778 bits per heavy atom. The molecule has 0 aromatic heterocycles. The highest BCUT2D eigenvalue weighted by Crippen LogP contribution is 2.49. The predicted octanol–water partition coefficient (Wildman–Crippen LogP) is 3.20. The third-order valence-corrected chi connectivity index (χ3v) is 7.61. The number of aliphatic hydroxyl groups is 1. The van der Waals surface area contributed by atoms with Gasteiger partial charge >= 0.3 is 7.48 Å². The molecule has 3 rings (SSSR count). The van der Waals surface area contributed by atoms with E-state index < -0.39 is 22.4 Å². The smallest absolute Gasteiger partial charge is 0.330 e. The van der Waals surface area contributed by atoms with Crippen molar-refractivity contribution in [3.05, 3.63) is 59.7 Å². The van der Waals surface area contributed by atoms with Crippen LogP contribution < -0.4 is 10.9 Å². The van der Waals surface area contributed by atoms with Crippen molar-refractivity contribution >= 4 is 26.3 Å². The van der Waals surface area contributed by atoms with Gasteiger partial charge in [-0.15, -0.1) is 0 Å². The van der Waals surface area contributed by atoms with Crippen molar-refractivity contribution in [2.75, 3.05) is 27.8 Å². The molecule has 1 aliphatic carbocycles. The molecule has 1 N–H and O–H groups in total. The molecule has 3 radical (unpaired) electrons. The summed E-state index contributed by atoms with van der Waals surface area (Å²) in [5.41, 5.74) is 1.11. The Kier molecular flexibility index (Phi) is 9.47. The topological polar surface area (TPSA) is 66.4 Å². The number of ether oxygens (including phenoxy) is 4. The molecule has 0 saturated heterocycles. The first-order valence-electron chi connectivity index (χ1n) is 12.4. The Morgan fingerprint density at radius 3 is 1.58 bits per heavy atom. The molecule has 1 fully saturated rings. The molecule has 2 aromatic carbocycles. The highest BCUT2D eigenvalue weighted by molar-refractivity contribution is 6.47. The van der Waals surface area contributed by atoms with Crippen molar-refractivity contribution in [3.8, 4) is 0 Å². The molecule has 6 nitrogen and oxygen atoms in total. The van der Waals surface area contributed by atoms with Gasteiger partial charge in [0.1, 0.15) is 21.4 Å². The van der Waals surface area contributed by atoms with Crippen LogP contribution in [0.2, 0.25) is 0 Å². The second-order valence-electron chi connectivity index (χ2n) is 10.6. The third-order valence-electron chi connectivity index (χ3n) is 7.61. The minimum absolute atomic E-state index is 0.199. The van der Waals surface area contributed by atoms with Gasteiger partial charge in [0.2, 0.25) is 0 Å². The molecular weight excluding hydrogens is 454 g/mol. The van der Waals surface area contributed by atoms with Gasteiger partial charge < -0.3 is 28.7 Å². The SMILES string of the molecule is [B]c1ccc(C2(OCOC)CCC(OCOC)(c3ccc([B]OC(C)(C)C(C)(C)O)cc3)CC2)cc1. The van der Waals surface area contributed by atoms with E-state index in [0.29, 0.717) is 0 Å². The van der Waals surface area contributed by atoms with Crippen LogP contribution in [-0.2, 0) is 34.8 Å². The number of hydrogen-bond donors (Lipinski definition) is 1. The van der Waals surface area contributed by atoms with Crippen LogP contribution in [0.25, 0.3) is 0 Å². The predicted molar refractivity (Wildman–Crippen MR) is 143 cm³/mol. The van der Waals surface area contributed by atoms with Gasteiger partial charge in [0.25, 0.3) is 0 Å². The molecule has 0 bridgehead atoms. The maximum absolute atomic E-state index is 10.3. The second-order valence-corrected chi connectivity index (χ2v) is 10.6. The van der Waals surface area contributed by atoms with Gasteiger partial charge in [0, 0.05) is 14.2 Å². The van der Waals surface area contributed by atoms with Crippen LogP contribution in [-0.4, -0.2) is 59.4 Å². The summed E-state index contributed by atoms with van der Waals surface area (Å²) in [4.78, 5) is 0. The Hall–Kier alpha value is -1.67. The molecule has 2 aromatic rings. The largest absolute Gasteiger partial charge is 0.427 e. The molecule has 193 valence electrons. The zero-order chi connectivity index (χ0) is 26.5. The average molecular weight is 493 g/mol. The summed E-state index contributed by atoms with van der Waals surface area (Å²) in [6, 6.07) is 16.1. The maximum atomic E-state index is 10.3. The Labute approximate surface area is 218 Å². The van der Waals surface area contributed by atoms with Crippen molar-refractivity contribution in [1.29, 1.82) is 0 Å². The third kappa shape index (κ3) is 6.60. The quantitative estimate of drug-likeness (QED) is 0.362. The summed E-state index contributed by atoms with van der Waals surface area (Å²) in [6.07, 6.45) is 2.99. The molecule has 0 atom stereocenters. The minimum Gasteiger partial charge on any atom is -0.427 e. The average Bonchev–Trinajstić information content (AvgIpc) is 2.86. The lowest BCUT2D eigenvalue weighted by Crippen LogP contribution is -2.49. The van der Waals surface area contributed by atoms with Gasteiger partial charge in [-0.05, 0) is 64.5 Å². The fraction of sp³-hybridized carbons (Fsp3) is 0.571. The van der Waals surface area contributed by atoms with E-state index in [1.54, 1.807) is 35.5 Å². The van der Waals surface area contributed by atoms with E-state index in [2.05, 4.69) is 12.1 Å². The van der Waals surface area contributed by atoms with Crippen LogP contribution in [0.4, 0.5) is 0 Å². The highest BCUT2D eigenvalue weighted by Gasteiger charge is 2.46. The van der Waals surface area contributed by atoms with E-state index in [1.807, 2.05) is 50.2 Å². The van der Waals surface area contributed by atoms with Gasteiger partial charge in [-0.2, -0.15) is 0 Å². The van der Waals surface area contributed by atoms with Gasteiger partial charge in [-0.3, -0.25) is 0 Å². The van der Waals surface area contributed by atoms with Gasteiger partial charge in [-0.25, -0.2) is 0 Å². The van der Waals surface area contributed by atoms with Crippen molar-refractivity contribution in [1.82, 2.24) is 0 Å². The lowest BCUT2D eigenvalue weighted by molar-refractivity contribution is -0.203. The van der Waals surface area contributed by atoms with Crippen LogP contribution in [0.1, 0.15) is 64.5 Å². The first kappa shape index (κ1) is 28.9. The van der Waals surface area contributed by atoms with Crippen LogP contribution in [0.15, 0.2) is 48.5 Å². The normalized spacial score (nSPS) is 23.0. The van der Waals surface area contributed by atoms with Crippen LogP contribution >= 0.6 is 0 Å². The molecule has 1 aliphatic rings. The summed E-state index contributed by atoms with van der Waals surface area (Å²) in [7, 11) is 10.9. The molecule has 0 heterocycles. The van der Waals surface area contributed by atoms with E-state index >= 15 is 0 Å². The van der Waals surface area contributed by atoms with Crippen LogP contribution in [0.5, 0.6) is 0 Å². The van der Waals surface area contributed by atoms with E-state index in [-0.39, 0.29) is 13.6 Å². The lowest BCUT2D eigenvalue weighted by atomic mass is 9.69. The fourth-order valence-corrected chi connectivity index (χ4v) is 4.45. The number of hydrogen-bond acceptors (Lipinski definition) is 6. The number of benzene rings is 2. The molecule has 0 spiro atoms. The Bertz CT molecular complexity index is 946. The fourth-order valence-electron chi connectivity index (χ4n) is 4.45. The molecule has 36 heavy (non-hydrogen) atoms. The monoisotopic (exact) mass is 493 g/mol. The van der Waals surface area contributed by atoms with E-state index in [4.69, 9.17) is 31.4 Å². The summed E-state index contributed by atoms with van der Waals surface area (Å²) in [6.45, 7) is 7.63. The van der Waals surface area contributed by atoms with E-state index in [9.17, 15) is 5.11 Å². The summed E-state index contributed by atoms with van der Waals surface area (Å²) < 4.78 is 29.1. The molecular formula is C28H39B2O6. The first-order valence-corrected chi connectivity index (χ1v) is 12.4. The van der Waals surface area contributed by atoms with Crippen molar-refractivity contribution < 1.29 is 28.7 Å². The van der Waals surface area contributed by atoms with Crippen LogP contribution in [0, 0.1) is 0 Å². The van der Waals surface area contributed by atoms with Gasteiger partial charge in [-0.1, -0.05) is 59.5 Å². The molecule has 0 amide bonds. The van der Waals surface area contributed by atoms with Crippen molar-refractivity contribution in [2.24, 2.45) is 0 Å². The van der Waals surface area contributed by atoms with Gasteiger partial charge in [0.15, 0.2) is 0 Å². The number of methoxy groups -OCH3 is 2.